The largest absolute Gasteiger partial charge is 0.326 e. The molecule has 1 heterocycles. The molecule has 0 radical (unpaired) electrons. The number of nitrogens with zero attached hydrogens (tertiary/aromatic N) is 1. The fourth-order valence-corrected chi connectivity index (χ4v) is 4.86. The van der Waals surface area contributed by atoms with Crippen LogP contribution in [0.2, 0.25) is 0 Å². The Morgan fingerprint density at radius 1 is 1.07 bits per heavy atom. The third-order valence-electron chi connectivity index (χ3n) is 5.59. The minimum Gasteiger partial charge on any atom is -0.326 e. The van der Waals surface area contributed by atoms with Gasteiger partial charge in [-0.1, -0.05) is 12.2 Å². The van der Waals surface area contributed by atoms with E-state index in [0.29, 0.717) is 5.69 Å². The quantitative estimate of drug-likeness (QED) is 0.559. The molecule has 9 heteroatoms. The molecule has 2 bridgehead atoms. The average Bonchev–Trinajstić information content (AvgIpc) is 3.28. The molecule has 142 valence electrons. The molecule has 0 aromatic heterocycles. The lowest BCUT2D eigenvalue weighted by Crippen LogP contribution is -2.35. The molecule has 1 saturated heterocycles. The molecule has 3 amide bonds. The van der Waals surface area contributed by atoms with Crippen molar-refractivity contribution in [2.75, 3.05) is 11.9 Å². The van der Waals surface area contributed by atoms with Gasteiger partial charge in [-0.15, -0.1) is 0 Å². The second kappa shape index (κ2) is 6.28. The third-order valence-corrected chi connectivity index (χ3v) is 6.52. The molecule has 1 aromatic carbocycles. The highest BCUT2D eigenvalue weighted by Crippen LogP contribution is 2.52. The number of primary sulfonamides is 1. The summed E-state index contributed by atoms with van der Waals surface area (Å²) >= 11 is 0. The summed E-state index contributed by atoms with van der Waals surface area (Å²) in [6, 6.07) is 5.44. The Hall–Kier alpha value is -2.52. The first kappa shape index (κ1) is 17.9. The molecule has 3 N–H and O–H groups in total. The molecular formula is C18H19N3O5S. The summed E-state index contributed by atoms with van der Waals surface area (Å²) in [5.41, 5.74) is 0.408. The monoisotopic (exact) mass is 389 g/mol. The SMILES string of the molecule is NS(=O)(=O)c1ccc(NC(=O)CCN2C(=O)[C@@H]3[C@H](C2=O)[C@@H]2C=C[C@@H]3C2)cc1. The van der Waals surface area contributed by atoms with Gasteiger partial charge in [-0.05, 0) is 42.5 Å². The van der Waals surface area contributed by atoms with Gasteiger partial charge in [0, 0.05) is 18.7 Å². The van der Waals surface area contributed by atoms with E-state index < -0.39 is 10.0 Å². The normalized spacial score (nSPS) is 28.7. The lowest BCUT2D eigenvalue weighted by atomic mass is 9.85. The van der Waals surface area contributed by atoms with Crippen molar-refractivity contribution in [2.24, 2.45) is 28.8 Å². The average molecular weight is 389 g/mol. The second-order valence-electron chi connectivity index (χ2n) is 7.20. The summed E-state index contributed by atoms with van der Waals surface area (Å²) in [5, 5.41) is 7.64. The maximum absolute atomic E-state index is 12.6. The number of nitrogens with one attached hydrogen (secondary N) is 1. The number of anilines is 1. The lowest BCUT2D eigenvalue weighted by molar-refractivity contribution is -0.140. The van der Waals surface area contributed by atoms with E-state index in [9.17, 15) is 22.8 Å². The molecule has 3 aliphatic rings. The number of likely N-dealkylation sites (tertiary alicyclic amines) is 1. The number of hydrogen-bond donors (Lipinski definition) is 2. The summed E-state index contributed by atoms with van der Waals surface area (Å²) < 4.78 is 22.5. The topological polar surface area (TPSA) is 127 Å². The predicted molar refractivity (Wildman–Crippen MR) is 95.5 cm³/mol. The predicted octanol–water partition coefficient (Wildman–Crippen LogP) is 0.470. The number of carbonyl (C=O) groups is 3. The summed E-state index contributed by atoms with van der Waals surface area (Å²) in [4.78, 5) is 38.4. The highest BCUT2D eigenvalue weighted by atomic mass is 32.2. The summed E-state index contributed by atoms with van der Waals surface area (Å²) in [6.07, 6.45) is 4.91. The van der Waals surface area contributed by atoms with Gasteiger partial charge in [-0.25, -0.2) is 13.6 Å². The molecule has 1 saturated carbocycles. The van der Waals surface area contributed by atoms with Crippen LogP contribution in [0.15, 0.2) is 41.3 Å². The number of amides is 3. The summed E-state index contributed by atoms with van der Waals surface area (Å²) in [7, 11) is -3.79. The lowest BCUT2D eigenvalue weighted by Gasteiger charge is -2.17. The van der Waals surface area contributed by atoms with E-state index in [1.165, 1.54) is 29.2 Å². The van der Waals surface area contributed by atoms with Crippen LogP contribution in [0.25, 0.3) is 0 Å². The van der Waals surface area contributed by atoms with Crippen molar-refractivity contribution in [3.8, 4) is 0 Å². The number of benzene rings is 1. The fourth-order valence-electron chi connectivity index (χ4n) is 4.35. The van der Waals surface area contributed by atoms with Crippen molar-refractivity contribution in [3.63, 3.8) is 0 Å². The Kier molecular flexibility index (Phi) is 4.15. The van der Waals surface area contributed by atoms with Gasteiger partial charge < -0.3 is 5.32 Å². The van der Waals surface area contributed by atoms with Gasteiger partial charge >= 0.3 is 0 Å². The van der Waals surface area contributed by atoms with Gasteiger partial charge in [0.05, 0.1) is 16.7 Å². The van der Waals surface area contributed by atoms with Crippen LogP contribution < -0.4 is 10.5 Å². The Morgan fingerprint density at radius 2 is 1.63 bits per heavy atom. The molecule has 27 heavy (non-hydrogen) atoms. The smallest absolute Gasteiger partial charge is 0.238 e. The molecule has 2 aliphatic carbocycles. The highest BCUT2D eigenvalue weighted by Gasteiger charge is 2.58. The van der Waals surface area contributed by atoms with E-state index in [0.717, 1.165) is 6.42 Å². The second-order valence-corrected chi connectivity index (χ2v) is 8.76. The van der Waals surface area contributed by atoms with Crippen LogP contribution in [-0.2, 0) is 24.4 Å². The first-order valence-electron chi connectivity index (χ1n) is 8.72. The van der Waals surface area contributed by atoms with Crippen molar-refractivity contribution in [1.29, 1.82) is 0 Å². The first-order valence-corrected chi connectivity index (χ1v) is 10.3. The van der Waals surface area contributed by atoms with Crippen molar-refractivity contribution in [2.45, 2.75) is 17.7 Å². The van der Waals surface area contributed by atoms with E-state index in [1.54, 1.807) is 0 Å². The number of allylic oxidation sites excluding steroid dienone is 2. The Bertz CT molecular complexity index is 924. The Morgan fingerprint density at radius 3 is 2.15 bits per heavy atom. The molecular weight excluding hydrogens is 370 g/mol. The number of hydrogen-bond acceptors (Lipinski definition) is 5. The van der Waals surface area contributed by atoms with Crippen LogP contribution in [0.3, 0.4) is 0 Å². The number of fused-ring (bicyclic) bond motifs is 5. The van der Waals surface area contributed by atoms with E-state index in [2.05, 4.69) is 5.32 Å². The maximum Gasteiger partial charge on any atom is 0.238 e. The van der Waals surface area contributed by atoms with Crippen molar-refractivity contribution in [1.82, 2.24) is 4.90 Å². The minimum absolute atomic E-state index is 0.0172. The number of nitrogens with two attached hydrogens (primary N) is 1. The molecule has 2 fully saturated rings. The van der Waals surface area contributed by atoms with Gasteiger partial charge in [0.15, 0.2) is 0 Å². The first-order chi connectivity index (χ1) is 12.8. The highest BCUT2D eigenvalue weighted by molar-refractivity contribution is 7.89. The molecule has 4 rings (SSSR count). The van der Waals surface area contributed by atoms with Gasteiger partial charge in [-0.3, -0.25) is 19.3 Å². The van der Waals surface area contributed by atoms with Gasteiger partial charge in [0.25, 0.3) is 0 Å². The van der Waals surface area contributed by atoms with Gasteiger partial charge in [-0.2, -0.15) is 0 Å². The van der Waals surface area contributed by atoms with Crippen LogP contribution in [-0.4, -0.2) is 37.6 Å². The van der Waals surface area contributed by atoms with Crippen molar-refractivity contribution >= 4 is 33.4 Å². The maximum atomic E-state index is 12.6. The van der Waals surface area contributed by atoms with E-state index >= 15 is 0 Å². The van der Waals surface area contributed by atoms with Crippen molar-refractivity contribution < 1.29 is 22.8 Å². The molecule has 0 spiro atoms. The molecule has 1 aromatic rings. The van der Waals surface area contributed by atoms with Crippen LogP contribution in [0.5, 0.6) is 0 Å². The third kappa shape index (κ3) is 3.06. The van der Waals surface area contributed by atoms with E-state index in [4.69, 9.17) is 5.14 Å². The molecule has 8 nitrogen and oxygen atoms in total. The number of sulfonamides is 1. The molecule has 1 aliphatic heterocycles. The zero-order valence-corrected chi connectivity index (χ0v) is 15.2. The Labute approximate surface area is 156 Å². The minimum atomic E-state index is -3.79. The molecule has 4 atom stereocenters. The van der Waals surface area contributed by atoms with E-state index in [1.807, 2.05) is 12.2 Å². The summed E-state index contributed by atoms with van der Waals surface area (Å²) in [6.45, 7) is 0.0468. The van der Waals surface area contributed by atoms with Crippen LogP contribution >= 0.6 is 0 Å². The van der Waals surface area contributed by atoms with E-state index in [-0.39, 0.29) is 59.3 Å². The van der Waals surface area contributed by atoms with Crippen molar-refractivity contribution in [3.05, 3.63) is 36.4 Å². The zero-order chi connectivity index (χ0) is 19.3. The van der Waals surface area contributed by atoms with Gasteiger partial charge in [0.2, 0.25) is 27.7 Å². The summed E-state index contributed by atoms with van der Waals surface area (Å²) in [5.74, 6) is -0.945. The Balaban J connectivity index is 1.35. The van der Waals surface area contributed by atoms with Gasteiger partial charge in [0.1, 0.15) is 0 Å². The number of carbonyl (C=O) groups excluding carboxylic acids is 3. The number of imide groups is 1. The van der Waals surface area contributed by atoms with Crippen LogP contribution in [0.1, 0.15) is 12.8 Å². The number of rotatable bonds is 5. The standard InChI is InChI=1S/C18H19N3O5S/c19-27(25,26)13-5-3-12(4-6-13)20-14(22)7-8-21-17(23)15-10-1-2-11(9-10)16(15)18(21)24/h1-6,10-11,15-16H,7-9H2,(H,20,22)(H2,19,25,26)/t10-,11-,15-,16+/m1/s1. The fraction of sp³-hybridized carbons (Fsp3) is 0.389. The zero-order valence-electron chi connectivity index (χ0n) is 14.4. The molecule has 0 unspecified atom stereocenters. The van der Waals surface area contributed by atoms with Crippen LogP contribution in [0, 0.1) is 23.7 Å². The van der Waals surface area contributed by atoms with Crippen LogP contribution in [0.4, 0.5) is 5.69 Å².